The van der Waals surface area contributed by atoms with E-state index in [-0.39, 0.29) is 17.6 Å². The molecule has 0 heterocycles. The minimum atomic E-state index is -0.267. The summed E-state index contributed by atoms with van der Waals surface area (Å²) in [6.07, 6.45) is 9.47. The highest BCUT2D eigenvalue weighted by Crippen LogP contribution is 2.25. The van der Waals surface area contributed by atoms with Crippen LogP contribution in [-0.4, -0.2) is 21.4 Å². The maximum absolute atomic E-state index is 9.93. The standard InChI is InChI=1S/C17H28O3/c1-2-3-4-5-6-7-8-15(18)11-9-14-10-12-16(19)17(20)13-14/h10,12-13,15,18-20H,2-9,11H2,1H3. The van der Waals surface area contributed by atoms with Crippen molar-refractivity contribution in [3.63, 3.8) is 0 Å². The van der Waals surface area contributed by atoms with Crippen LogP contribution in [0.4, 0.5) is 0 Å². The fourth-order valence-electron chi connectivity index (χ4n) is 2.36. The van der Waals surface area contributed by atoms with Crippen molar-refractivity contribution < 1.29 is 15.3 Å². The normalized spacial score (nSPS) is 12.5. The maximum atomic E-state index is 9.93. The van der Waals surface area contributed by atoms with Crippen LogP contribution in [0.3, 0.4) is 0 Å². The van der Waals surface area contributed by atoms with Crippen molar-refractivity contribution in [2.45, 2.75) is 70.8 Å². The summed E-state index contributed by atoms with van der Waals surface area (Å²) in [6.45, 7) is 2.21. The zero-order valence-electron chi connectivity index (χ0n) is 12.5. The van der Waals surface area contributed by atoms with Crippen molar-refractivity contribution in [3.8, 4) is 11.5 Å². The Balaban J connectivity index is 2.13. The molecule has 0 aromatic heterocycles. The topological polar surface area (TPSA) is 60.7 Å². The van der Waals surface area contributed by atoms with Gasteiger partial charge in [-0.1, -0.05) is 51.5 Å². The molecular weight excluding hydrogens is 252 g/mol. The smallest absolute Gasteiger partial charge is 0.157 e. The quantitative estimate of drug-likeness (QED) is 0.446. The molecule has 0 saturated heterocycles. The van der Waals surface area contributed by atoms with Gasteiger partial charge in [0.05, 0.1) is 6.10 Å². The number of phenolic OH excluding ortho intramolecular Hbond substituents is 2. The maximum Gasteiger partial charge on any atom is 0.157 e. The first-order valence-corrected chi connectivity index (χ1v) is 7.82. The highest BCUT2D eigenvalue weighted by atomic mass is 16.3. The Morgan fingerprint density at radius 3 is 2.30 bits per heavy atom. The molecule has 0 aliphatic heterocycles. The van der Waals surface area contributed by atoms with Crippen LogP contribution >= 0.6 is 0 Å². The lowest BCUT2D eigenvalue weighted by atomic mass is 10.0. The summed E-state index contributed by atoms with van der Waals surface area (Å²) in [5.74, 6) is -0.186. The first-order valence-electron chi connectivity index (χ1n) is 7.82. The van der Waals surface area contributed by atoms with Crippen LogP contribution in [0.1, 0.15) is 63.9 Å². The summed E-state index contributed by atoms with van der Waals surface area (Å²) in [5.41, 5.74) is 0.947. The van der Waals surface area contributed by atoms with Gasteiger partial charge in [0.25, 0.3) is 0 Å². The van der Waals surface area contributed by atoms with Crippen molar-refractivity contribution in [1.82, 2.24) is 0 Å². The van der Waals surface area contributed by atoms with E-state index in [0.29, 0.717) is 6.42 Å². The second-order valence-corrected chi connectivity index (χ2v) is 5.57. The molecule has 0 amide bonds. The van der Waals surface area contributed by atoms with Crippen LogP contribution in [0.25, 0.3) is 0 Å². The third-order valence-electron chi connectivity index (χ3n) is 3.70. The Morgan fingerprint density at radius 1 is 0.900 bits per heavy atom. The third-order valence-corrected chi connectivity index (χ3v) is 3.70. The first kappa shape index (κ1) is 16.8. The van der Waals surface area contributed by atoms with Crippen molar-refractivity contribution in [1.29, 1.82) is 0 Å². The van der Waals surface area contributed by atoms with Crippen molar-refractivity contribution in [2.24, 2.45) is 0 Å². The van der Waals surface area contributed by atoms with E-state index >= 15 is 0 Å². The highest BCUT2D eigenvalue weighted by molar-refractivity contribution is 5.40. The molecule has 0 fully saturated rings. The summed E-state index contributed by atoms with van der Waals surface area (Å²) in [6, 6.07) is 4.84. The zero-order chi connectivity index (χ0) is 14.8. The minimum absolute atomic E-state index is 0.0899. The number of aryl methyl sites for hydroxylation is 1. The molecule has 3 nitrogen and oxygen atoms in total. The fourth-order valence-corrected chi connectivity index (χ4v) is 2.36. The molecule has 0 radical (unpaired) electrons. The van der Waals surface area contributed by atoms with E-state index < -0.39 is 0 Å². The van der Waals surface area contributed by atoms with Gasteiger partial charge in [-0.3, -0.25) is 0 Å². The molecule has 20 heavy (non-hydrogen) atoms. The van der Waals surface area contributed by atoms with Crippen molar-refractivity contribution >= 4 is 0 Å². The number of hydrogen-bond donors (Lipinski definition) is 3. The molecule has 114 valence electrons. The van der Waals surface area contributed by atoms with Crippen LogP contribution in [0.15, 0.2) is 18.2 Å². The van der Waals surface area contributed by atoms with Gasteiger partial charge < -0.3 is 15.3 Å². The fraction of sp³-hybridized carbons (Fsp3) is 0.647. The van der Waals surface area contributed by atoms with Gasteiger partial charge in [-0.05, 0) is 37.0 Å². The van der Waals surface area contributed by atoms with Gasteiger partial charge in [0, 0.05) is 0 Å². The number of rotatable bonds is 10. The zero-order valence-corrected chi connectivity index (χ0v) is 12.5. The van der Waals surface area contributed by atoms with Crippen LogP contribution in [-0.2, 0) is 6.42 Å². The predicted molar refractivity (Wildman–Crippen MR) is 82.1 cm³/mol. The van der Waals surface area contributed by atoms with E-state index in [1.165, 1.54) is 38.2 Å². The van der Waals surface area contributed by atoms with E-state index in [1.54, 1.807) is 12.1 Å². The van der Waals surface area contributed by atoms with E-state index in [9.17, 15) is 15.3 Å². The summed E-state index contributed by atoms with van der Waals surface area (Å²) in [4.78, 5) is 0. The molecule has 0 spiro atoms. The summed E-state index contributed by atoms with van der Waals surface area (Å²) in [7, 11) is 0. The molecule has 1 aromatic rings. The van der Waals surface area contributed by atoms with Gasteiger partial charge in [-0.2, -0.15) is 0 Å². The molecule has 0 aliphatic carbocycles. The number of aromatic hydroxyl groups is 2. The highest BCUT2D eigenvalue weighted by Gasteiger charge is 2.06. The lowest BCUT2D eigenvalue weighted by Gasteiger charge is -2.10. The molecule has 1 aromatic carbocycles. The van der Waals surface area contributed by atoms with E-state index in [0.717, 1.165) is 24.8 Å². The van der Waals surface area contributed by atoms with E-state index in [2.05, 4.69) is 6.92 Å². The molecule has 1 unspecified atom stereocenters. The molecule has 0 aliphatic rings. The van der Waals surface area contributed by atoms with Gasteiger partial charge in [0.2, 0.25) is 0 Å². The van der Waals surface area contributed by atoms with E-state index in [1.807, 2.05) is 0 Å². The van der Waals surface area contributed by atoms with Gasteiger partial charge in [-0.25, -0.2) is 0 Å². The lowest BCUT2D eigenvalue weighted by molar-refractivity contribution is 0.151. The Labute approximate surface area is 122 Å². The molecular formula is C17H28O3. The number of phenols is 2. The first-order chi connectivity index (χ1) is 9.63. The largest absolute Gasteiger partial charge is 0.504 e. The van der Waals surface area contributed by atoms with Crippen molar-refractivity contribution in [3.05, 3.63) is 23.8 Å². The Hall–Kier alpha value is -1.22. The van der Waals surface area contributed by atoms with E-state index in [4.69, 9.17) is 0 Å². The predicted octanol–water partition coefficient (Wildman–Crippen LogP) is 4.14. The van der Waals surface area contributed by atoms with Crippen LogP contribution < -0.4 is 0 Å². The number of benzene rings is 1. The molecule has 1 atom stereocenters. The Kier molecular flexibility index (Phi) is 8.12. The molecule has 0 bridgehead atoms. The second-order valence-electron chi connectivity index (χ2n) is 5.57. The van der Waals surface area contributed by atoms with Gasteiger partial charge in [-0.15, -0.1) is 0 Å². The third kappa shape index (κ3) is 6.80. The molecule has 3 heteroatoms. The number of aliphatic hydroxyl groups excluding tert-OH is 1. The van der Waals surface area contributed by atoms with Gasteiger partial charge >= 0.3 is 0 Å². The van der Waals surface area contributed by atoms with Crippen LogP contribution in [0.2, 0.25) is 0 Å². The number of aliphatic hydroxyl groups is 1. The lowest BCUT2D eigenvalue weighted by Crippen LogP contribution is -2.07. The summed E-state index contributed by atoms with van der Waals surface area (Å²) < 4.78 is 0. The van der Waals surface area contributed by atoms with Crippen LogP contribution in [0, 0.1) is 0 Å². The van der Waals surface area contributed by atoms with Crippen LogP contribution in [0.5, 0.6) is 11.5 Å². The number of hydrogen-bond acceptors (Lipinski definition) is 3. The Bertz CT molecular complexity index is 376. The van der Waals surface area contributed by atoms with Crippen molar-refractivity contribution in [2.75, 3.05) is 0 Å². The summed E-state index contributed by atoms with van der Waals surface area (Å²) in [5, 5.41) is 28.5. The molecule has 1 rings (SSSR count). The summed E-state index contributed by atoms with van der Waals surface area (Å²) >= 11 is 0. The van der Waals surface area contributed by atoms with Gasteiger partial charge in [0.1, 0.15) is 0 Å². The average Bonchev–Trinajstić information content (AvgIpc) is 2.44. The SMILES string of the molecule is CCCCCCCCC(O)CCc1ccc(O)c(O)c1. The average molecular weight is 280 g/mol. The minimum Gasteiger partial charge on any atom is -0.504 e. The number of unbranched alkanes of at least 4 members (excludes halogenated alkanes) is 5. The van der Waals surface area contributed by atoms with Gasteiger partial charge in [0.15, 0.2) is 11.5 Å². The molecule has 0 saturated carbocycles. The Morgan fingerprint density at radius 2 is 1.60 bits per heavy atom. The second kappa shape index (κ2) is 9.65. The molecule has 3 N–H and O–H groups in total. The monoisotopic (exact) mass is 280 g/mol.